The molecular formula is C18H23N7O4. The summed E-state index contributed by atoms with van der Waals surface area (Å²) < 4.78 is 9.99. The molecule has 3 N–H and O–H groups in total. The minimum Gasteiger partial charge on any atom is -0.447 e. The van der Waals surface area contributed by atoms with Gasteiger partial charge in [-0.2, -0.15) is 0 Å². The summed E-state index contributed by atoms with van der Waals surface area (Å²) in [6, 6.07) is 5.17. The lowest BCUT2D eigenvalue weighted by molar-refractivity contribution is 0.0705. The number of nitrogen functional groups attached to an aromatic ring is 1. The van der Waals surface area contributed by atoms with Gasteiger partial charge in [-0.3, -0.25) is 4.79 Å². The Bertz CT molecular complexity index is 841. The van der Waals surface area contributed by atoms with Gasteiger partial charge < -0.3 is 30.3 Å². The van der Waals surface area contributed by atoms with Crippen LogP contribution in [-0.2, 0) is 9.47 Å². The summed E-state index contributed by atoms with van der Waals surface area (Å²) in [5.74, 6) is 0.445. The van der Waals surface area contributed by atoms with Crippen molar-refractivity contribution in [3.63, 3.8) is 0 Å². The van der Waals surface area contributed by atoms with E-state index in [0.29, 0.717) is 44.4 Å². The largest absolute Gasteiger partial charge is 0.447 e. The lowest BCUT2D eigenvalue weighted by Crippen LogP contribution is -2.49. The molecular weight excluding hydrogens is 378 g/mol. The molecule has 1 aliphatic rings. The molecule has 0 atom stereocenters. The van der Waals surface area contributed by atoms with E-state index in [1.807, 2.05) is 4.90 Å². The molecule has 0 aromatic carbocycles. The number of rotatable bonds is 6. The van der Waals surface area contributed by atoms with E-state index in [2.05, 4.69) is 20.3 Å². The van der Waals surface area contributed by atoms with Gasteiger partial charge in [0.05, 0.1) is 12.8 Å². The number of carbonyl (C=O) groups excluding carboxylic acids is 2. The molecule has 2 aromatic heterocycles. The van der Waals surface area contributed by atoms with E-state index < -0.39 is 5.91 Å². The second-order valence-corrected chi connectivity index (χ2v) is 6.21. The van der Waals surface area contributed by atoms with Gasteiger partial charge in [0, 0.05) is 39.5 Å². The molecule has 0 bridgehead atoms. The minimum absolute atomic E-state index is 0.0227. The van der Waals surface area contributed by atoms with Crippen LogP contribution in [0.1, 0.15) is 10.5 Å². The molecule has 11 nitrogen and oxygen atoms in total. The van der Waals surface area contributed by atoms with Gasteiger partial charge in [-0.1, -0.05) is 6.07 Å². The summed E-state index contributed by atoms with van der Waals surface area (Å²) in [5.41, 5.74) is 5.86. The number of pyridine rings is 1. The maximum absolute atomic E-state index is 12.5. The third kappa shape index (κ3) is 5.29. The van der Waals surface area contributed by atoms with Gasteiger partial charge in [-0.25, -0.2) is 19.7 Å². The van der Waals surface area contributed by atoms with Crippen LogP contribution in [0.15, 0.2) is 30.6 Å². The van der Waals surface area contributed by atoms with Crippen molar-refractivity contribution >= 4 is 29.5 Å². The molecule has 3 heterocycles. The number of nitrogens with zero attached hydrogens (tertiary/aromatic N) is 5. The molecule has 0 unspecified atom stereocenters. The minimum atomic E-state index is -0.490. The Morgan fingerprint density at radius 3 is 2.66 bits per heavy atom. The van der Waals surface area contributed by atoms with Crippen molar-refractivity contribution in [3.8, 4) is 0 Å². The van der Waals surface area contributed by atoms with E-state index in [1.54, 1.807) is 36.4 Å². The van der Waals surface area contributed by atoms with Crippen LogP contribution >= 0.6 is 0 Å². The van der Waals surface area contributed by atoms with Crippen LogP contribution in [-0.4, -0.2) is 78.4 Å². The fourth-order valence-corrected chi connectivity index (χ4v) is 2.74. The van der Waals surface area contributed by atoms with E-state index in [0.717, 1.165) is 0 Å². The smallest absolute Gasteiger partial charge is 0.409 e. The molecule has 1 saturated heterocycles. The van der Waals surface area contributed by atoms with E-state index in [-0.39, 0.29) is 24.2 Å². The Morgan fingerprint density at radius 2 is 1.97 bits per heavy atom. The van der Waals surface area contributed by atoms with Gasteiger partial charge in [0.2, 0.25) is 0 Å². The molecule has 0 saturated carbocycles. The van der Waals surface area contributed by atoms with Crippen LogP contribution in [0.25, 0.3) is 0 Å². The normalized spacial score (nSPS) is 13.8. The highest BCUT2D eigenvalue weighted by Crippen LogP contribution is 2.17. The van der Waals surface area contributed by atoms with Gasteiger partial charge in [-0.15, -0.1) is 0 Å². The second kappa shape index (κ2) is 9.64. The Balaban J connectivity index is 1.61. The number of carbonyl (C=O) groups is 2. The zero-order valence-corrected chi connectivity index (χ0v) is 16.1. The number of ether oxygens (including phenoxy) is 2. The van der Waals surface area contributed by atoms with E-state index in [1.165, 1.54) is 6.20 Å². The zero-order chi connectivity index (χ0) is 20.6. The SMILES string of the molecule is COCCOC(=O)N1CCN(c2cnc(N)c(C(=O)Nc3ccccn3)n2)CC1. The number of amides is 2. The van der Waals surface area contributed by atoms with Crippen LogP contribution in [0.5, 0.6) is 0 Å². The number of hydrogen-bond acceptors (Lipinski definition) is 9. The molecule has 1 aliphatic heterocycles. The van der Waals surface area contributed by atoms with Crippen molar-refractivity contribution < 1.29 is 19.1 Å². The summed E-state index contributed by atoms with van der Waals surface area (Å²) in [5, 5.41) is 2.64. The first-order valence-corrected chi connectivity index (χ1v) is 9.09. The zero-order valence-electron chi connectivity index (χ0n) is 16.1. The van der Waals surface area contributed by atoms with Crippen LogP contribution in [0, 0.1) is 0 Å². The summed E-state index contributed by atoms with van der Waals surface area (Å²) in [6.45, 7) is 2.56. The predicted molar refractivity (Wildman–Crippen MR) is 106 cm³/mol. The lowest BCUT2D eigenvalue weighted by atomic mass is 10.3. The van der Waals surface area contributed by atoms with Gasteiger partial charge >= 0.3 is 6.09 Å². The molecule has 154 valence electrons. The molecule has 2 aromatic rings. The fourth-order valence-electron chi connectivity index (χ4n) is 2.74. The maximum atomic E-state index is 12.5. The average molecular weight is 401 g/mol. The third-order valence-electron chi connectivity index (χ3n) is 4.28. The molecule has 2 amide bonds. The van der Waals surface area contributed by atoms with Crippen LogP contribution in [0.3, 0.4) is 0 Å². The Kier molecular flexibility index (Phi) is 6.74. The van der Waals surface area contributed by atoms with Gasteiger partial charge in [0.1, 0.15) is 18.2 Å². The van der Waals surface area contributed by atoms with E-state index >= 15 is 0 Å². The summed E-state index contributed by atoms with van der Waals surface area (Å²) in [7, 11) is 1.55. The number of methoxy groups -OCH3 is 1. The Labute approximate surface area is 167 Å². The van der Waals surface area contributed by atoms with Crippen molar-refractivity contribution in [2.24, 2.45) is 0 Å². The molecule has 11 heteroatoms. The number of nitrogens with one attached hydrogen (secondary N) is 1. The molecule has 1 fully saturated rings. The Morgan fingerprint density at radius 1 is 1.17 bits per heavy atom. The van der Waals surface area contributed by atoms with Gasteiger partial charge in [-0.05, 0) is 12.1 Å². The van der Waals surface area contributed by atoms with E-state index in [4.69, 9.17) is 15.2 Å². The van der Waals surface area contributed by atoms with Crippen LogP contribution in [0.4, 0.5) is 22.2 Å². The highest BCUT2D eigenvalue weighted by Gasteiger charge is 2.24. The standard InChI is InChI=1S/C18H23N7O4/c1-28-10-11-29-18(27)25-8-6-24(7-9-25)14-12-21-16(19)15(23-14)17(26)22-13-4-2-3-5-20-13/h2-5,12H,6-11H2,1H3,(H2,19,21)(H,20,22,26). The van der Waals surface area contributed by atoms with Crippen molar-refractivity contribution in [2.75, 3.05) is 62.5 Å². The highest BCUT2D eigenvalue weighted by atomic mass is 16.6. The molecule has 0 spiro atoms. The van der Waals surface area contributed by atoms with Crippen LogP contribution < -0.4 is 16.0 Å². The highest BCUT2D eigenvalue weighted by molar-refractivity contribution is 6.05. The first-order valence-electron chi connectivity index (χ1n) is 9.09. The number of piperazine rings is 1. The van der Waals surface area contributed by atoms with Crippen LogP contribution in [0.2, 0.25) is 0 Å². The number of anilines is 3. The Hall–Kier alpha value is -3.47. The first-order chi connectivity index (χ1) is 14.1. The molecule has 0 aliphatic carbocycles. The summed E-state index contributed by atoms with van der Waals surface area (Å²) in [6.07, 6.45) is 2.71. The number of aromatic nitrogens is 3. The van der Waals surface area contributed by atoms with Crippen molar-refractivity contribution in [1.82, 2.24) is 19.9 Å². The fraction of sp³-hybridized carbons (Fsp3) is 0.389. The van der Waals surface area contributed by atoms with E-state index in [9.17, 15) is 9.59 Å². The quantitative estimate of drug-likeness (QED) is 0.667. The summed E-state index contributed by atoms with van der Waals surface area (Å²) >= 11 is 0. The van der Waals surface area contributed by atoms with Crippen molar-refractivity contribution in [3.05, 3.63) is 36.3 Å². The summed E-state index contributed by atoms with van der Waals surface area (Å²) in [4.78, 5) is 40.6. The number of hydrogen-bond donors (Lipinski definition) is 2. The maximum Gasteiger partial charge on any atom is 0.409 e. The molecule has 3 rings (SSSR count). The predicted octanol–water partition coefficient (Wildman–Crippen LogP) is 0.611. The average Bonchev–Trinajstić information content (AvgIpc) is 2.75. The van der Waals surface area contributed by atoms with Crippen molar-refractivity contribution in [1.29, 1.82) is 0 Å². The van der Waals surface area contributed by atoms with Crippen molar-refractivity contribution in [2.45, 2.75) is 0 Å². The topological polar surface area (TPSA) is 136 Å². The third-order valence-corrected chi connectivity index (χ3v) is 4.28. The molecule has 0 radical (unpaired) electrons. The first kappa shape index (κ1) is 20.3. The number of nitrogens with two attached hydrogens (primary N) is 1. The monoisotopic (exact) mass is 401 g/mol. The molecule has 29 heavy (non-hydrogen) atoms. The van der Waals surface area contributed by atoms with Gasteiger partial charge in [0.25, 0.3) is 5.91 Å². The van der Waals surface area contributed by atoms with Gasteiger partial charge in [0.15, 0.2) is 11.5 Å². The second-order valence-electron chi connectivity index (χ2n) is 6.21. The lowest BCUT2D eigenvalue weighted by Gasteiger charge is -2.34.